The highest BCUT2D eigenvalue weighted by Crippen LogP contribution is 2.40. The number of carbonyl (C=O) groups excluding carboxylic acids is 1. The Labute approximate surface area is 141 Å². The van der Waals surface area contributed by atoms with Crippen LogP contribution in [0.2, 0.25) is 0 Å². The molecule has 1 aliphatic rings. The van der Waals surface area contributed by atoms with E-state index in [4.69, 9.17) is 0 Å². The second kappa shape index (κ2) is 5.42. The van der Waals surface area contributed by atoms with E-state index in [1.54, 1.807) is 6.20 Å². The number of halogens is 1. The molecule has 0 fully saturated rings. The third-order valence-electron chi connectivity index (χ3n) is 4.01. The van der Waals surface area contributed by atoms with Crippen LogP contribution < -0.4 is 5.32 Å². The van der Waals surface area contributed by atoms with Gasteiger partial charge in [0, 0.05) is 22.9 Å². The Morgan fingerprint density at radius 3 is 3.09 bits per heavy atom. The van der Waals surface area contributed by atoms with Gasteiger partial charge in [-0.15, -0.1) is 0 Å². The van der Waals surface area contributed by atoms with Crippen LogP contribution in [0.4, 0.5) is 5.69 Å². The number of hydrogen-bond donors (Lipinski definition) is 1. The van der Waals surface area contributed by atoms with E-state index < -0.39 is 5.92 Å². The van der Waals surface area contributed by atoms with Crippen molar-refractivity contribution in [2.24, 2.45) is 0 Å². The van der Waals surface area contributed by atoms with Crippen molar-refractivity contribution in [3.63, 3.8) is 0 Å². The van der Waals surface area contributed by atoms with Gasteiger partial charge in [-0.2, -0.15) is 5.10 Å². The van der Waals surface area contributed by atoms with E-state index >= 15 is 0 Å². The fraction of sp³-hybridized carbons (Fsp3) is 0.250. The van der Waals surface area contributed by atoms with Gasteiger partial charge in [-0.25, -0.2) is 9.97 Å². The average molecular weight is 372 g/mol. The zero-order chi connectivity index (χ0) is 16.0. The Morgan fingerprint density at radius 1 is 1.39 bits per heavy atom. The monoisotopic (exact) mass is 371 g/mol. The first-order chi connectivity index (χ1) is 11.2. The van der Waals surface area contributed by atoms with Crippen LogP contribution in [0.3, 0.4) is 0 Å². The smallest absolute Gasteiger partial charge is 0.238 e. The topological polar surface area (TPSA) is 72.7 Å². The highest BCUT2D eigenvalue weighted by molar-refractivity contribution is 9.10. The van der Waals surface area contributed by atoms with Gasteiger partial charge in [0.05, 0.1) is 11.1 Å². The Balaban J connectivity index is 1.97. The number of nitrogens with one attached hydrogen (secondary N) is 1. The van der Waals surface area contributed by atoms with E-state index in [0.29, 0.717) is 5.65 Å². The highest BCUT2D eigenvalue weighted by Gasteiger charge is 2.36. The number of aromatic nitrogens is 4. The first-order valence-corrected chi connectivity index (χ1v) is 8.25. The van der Waals surface area contributed by atoms with E-state index in [1.165, 1.54) is 6.33 Å². The van der Waals surface area contributed by atoms with Crippen LogP contribution in [0.15, 0.2) is 35.2 Å². The SMILES string of the molecule is CCCn1nc2ncncc2c1C1C(=O)Nc2ccc(Br)cc21. The van der Waals surface area contributed by atoms with E-state index in [2.05, 4.69) is 43.2 Å². The zero-order valence-electron chi connectivity index (χ0n) is 12.5. The number of nitrogens with zero attached hydrogens (tertiary/aromatic N) is 4. The van der Waals surface area contributed by atoms with Crippen molar-refractivity contribution < 1.29 is 4.79 Å². The van der Waals surface area contributed by atoms with Crippen molar-refractivity contribution in [3.05, 3.63) is 46.5 Å². The molecule has 0 saturated heterocycles. The van der Waals surface area contributed by atoms with Gasteiger partial charge in [0.1, 0.15) is 12.2 Å². The molecule has 1 unspecified atom stereocenters. The summed E-state index contributed by atoms with van der Waals surface area (Å²) in [7, 11) is 0. The molecule has 7 heteroatoms. The third kappa shape index (κ3) is 2.23. The molecule has 23 heavy (non-hydrogen) atoms. The van der Waals surface area contributed by atoms with Crippen LogP contribution in [-0.4, -0.2) is 25.7 Å². The molecule has 1 N–H and O–H groups in total. The maximum absolute atomic E-state index is 12.6. The second-order valence-electron chi connectivity index (χ2n) is 5.52. The first kappa shape index (κ1) is 14.3. The molecule has 4 rings (SSSR count). The lowest BCUT2D eigenvalue weighted by atomic mass is 9.95. The summed E-state index contributed by atoms with van der Waals surface area (Å²) in [6.07, 6.45) is 4.14. The number of rotatable bonds is 3. The number of carbonyl (C=O) groups is 1. The lowest BCUT2D eigenvalue weighted by Gasteiger charge is -2.12. The van der Waals surface area contributed by atoms with E-state index in [9.17, 15) is 4.79 Å². The molecule has 1 amide bonds. The number of aryl methyl sites for hydroxylation is 1. The molecule has 3 heterocycles. The van der Waals surface area contributed by atoms with Crippen molar-refractivity contribution in [1.82, 2.24) is 19.7 Å². The fourth-order valence-electron chi connectivity index (χ4n) is 3.08. The van der Waals surface area contributed by atoms with Crippen LogP contribution in [0.25, 0.3) is 11.0 Å². The molecule has 0 spiro atoms. The van der Waals surface area contributed by atoms with Crippen LogP contribution in [-0.2, 0) is 11.3 Å². The molecule has 0 saturated carbocycles. The molecule has 0 radical (unpaired) electrons. The average Bonchev–Trinajstić information content (AvgIpc) is 3.04. The molecule has 1 aromatic carbocycles. The van der Waals surface area contributed by atoms with Crippen LogP contribution >= 0.6 is 15.9 Å². The summed E-state index contributed by atoms with van der Waals surface area (Å²) in [5.74, 6) is -0.439. The molecule has 1 aliphatic heterocycles. The molecule has 0 aliphatic carbocycles. The Hall–Kier alpha value is -2.28. The van der Waals surface area contributed by atoms with Crippen molar-refractivity contribution in [3.8, 4) is 0 Å². The van der Waals surface area contributed by atoms with Gasteiger partial charge in [0.25, 0.3) is 0 Å². The number of hydrogen-bond acceptors (Lipinski definition) is 4. The van der Waals surface area contributed by atoms with Gasteiger partial charge < -0.3 is 5.32 Å². The summed E-state index contributed by atoms with van der Waals surface area (Å²) in [6, 6.07) is 5.82. The van der Waals surface area contributed by atoms with Crippen molar-refractivity contribution in [1.29, 1.82) is 0 Å². The molecular formula is C16H14BrN5O. The predicted molar refractivity (Wildman–Crippen MR) is 90.2 cm³/mol. The van der Waals surface area contributed by atoms with Gasteiger partial charge in [-0.05, 0) is 30.2 Å². The van der Waals surface area contributed by atoms with Gasteiger partial charge in [0.15, 0.2) is 5.65 Å². The number of fused-ring (bicyclic) bond motifs is 2. The summed E-state index contributed by atoms with van der Waals surface area (Å²) in [5.41, 5.74) is 3.28. The van der Waals surface area contributed by atoms with E-state index in [1.807, 2.05) is 22.9 Å². The standard InChI is InChI=1S/C16H14BrN5O/c1-2-5-22-14(11-7-18-8-19-15(11)21-22)13-10-6-9(17)3-4-12(10)20-16(13)23/h3-4,6-8,13H,2,5H2,1H3,(H,20,23). The summed E-state index contributed by atoms with van der Waals surface area (Å²) >= 11 is 3.49. The molecule has 3 aromatic rings. The number of benzene rings is 1. The quantitative estimate of drug-likeness (QED) is 0.767. The minimum absolute atomic E-state index is 0.0406. The second-order valence-corrected chi connectivity index (χ2v) is 6.44. The van der Waals surface area contributed by atoms with Gasteiger partial charge >= 0.3 is 0 Å². The lowest BCUT2D eigenvalue weighted by molar-refractivity contribution is -0.116. The number of amides is 1. The van der Waals surface area contributed by atoms with Crippen molar-refractivity contribution in [2.45, 2.75) is 25.8 Å². The van der Waals surface area contributed by atoms with Gasteiger partial charge in [-0.3, -0.25) is 9.48 Å². The maximum atomic E-state index is 12.6. The van der Waals surface area contributed by atoms with Crippen molar-refractivity contribution in [2.75, 3.05) is 5.32 Å². The Kier molecular flexibility index (Phi) is 3.37. The lowest BCUT2D eigenvalue weighted by Crippen LogP contribution is -2.18. The van der Waals surface area contributed by atoms with Gasteiger partial charge in [-0.1, -0.05) is 22.9 Å². The summed E-state index contributed by atoms with van der Waals surface area (Å²) in [5, 5.41) is 8.33. The summed E-state index contributed by atoms with van der Waals surface area (Å²) in [6.45, 7) is 2.82. The minimum atomic E-state index is -0.398. The normalized spacial score (nSPS) is 16.6. The molecule has 0 bridgehead atoms. The molecular weight excluding hydrogens is 358 g/mol. The van der Waals surface area contributed by atoms with Crippen molar-refractivity contribution >= 4 is 38.6 Å². The van der Waals surface area contributed by atoms with E-state index in [-0.39, 0.29) is 5.91 Å². The first-order valence-electron chi connectivity index (χ1n) is 7.45. The summed E-state index contributed by atoms with van der Waals surface area (Å²) in [4.78, 5) is 21.0. The molecule has 6 nitrogen and oxygen atoms in total. The number of anilines is 1. The highest BCUT2D eigenvalue weighted by atomic mass is 79.9. The predicted octanol–water partition coefficient (Wildman–Crippen LogP) is 3.08. The Bertz CT molecular complexity index is 920. The fourth-order valence-corrected chi connectivity index (χ4v) is 3.46. The summed E-state index contributed by atoms with van der Waals surface area (Å²) < 4.78 is 2.83. The van der Waals surface area contributed by atoms with E-state index in [0.717, 1.165) is 39.8 Å². The van der Waals surface area contributed by atoms with Crippen LogP contribution in [0.1, 0.15) is 30.5 Å². The molecule has 116 valence electrons. The largest absolute Gasteiger partial charge is 0.325 e. The Morgan fingerprint density at radius 2 is 2.26 bits per heavy atom. The molecule has 2 aromatic heterocycles. The maximum Gasteiger partial charge on any atom is 0.238 e. The molecule has 1 atom stereocenters. The van der Waals surface area contributed by atoms with Gasteiger partial charge in [0.2, 0.25) is 5.91 Å². The zero-order valence-corrected chi connectivity index (χ0v) is 14.0. The van der Waals surface area contributed by atoms with Crippen LogP contribution in [0.5, 0.6) is 0 Å². The third-order valence-corrected chi connectivity index (χ3v) is 4.51. The minimum Gasteiger partial charge on any atom is -0.325 e. The van der Waals surface area contributed by atoms with Crippen LogP contribution in [0, 0.1) is 0 Å².